The molecule has 0 atom stereocenters. The van der Waals surface area contributed by atoms with E-state index in [1.165, 1.54) is 16.8 Å². The van der Waals surface area contributed by atoms with Gasteiger partial charge < -0.3 is 0 Å². The molecule has 0 saturated heterocycles. The minimum absolute atomic E-state index is 0.0250. The predicted molar refractivity (Wildman–Crippen MR) is 128 cm³/mol. The van der Waals surface area contributed by atoms with E-state index in [1.54, 1.807) is 0 Å². The summed E-state index contributed by atoms with van der Waals surface area (Å²) < 4.78 is 1.99. The van der Waals surface area contributed by atoms with Gasteiger partial charge in [-0.2, -0.15) is 5.10 Å². The highest BCUT2D eigenvalue weighted by Gasteiger charge is 2.24. The molecule has 5 rings (SSSR count). The van der Waals surface area contributed by atoms with Crippen molar-refractivity contribution in [2.24, 2.45) is 0 Å². The van der Waals surface area contributed by atoms with Gasteiger partial charge in [0.25, 0.3) is 0 Å². The largest absolute Gasteiger partial charge is 0.294 e. The van der Waals surface area contributed by atoms with Crippen LogP contribution >= 0.6 is 0 Å². The van der Waals surface area contributed by atoms with Gasteiger partial charge in [0.05, 0.1) is 11.4 Å². The number of hydrogen-bond donors (Lipinski definition) is 0. The Morgan fingerprint density at radius 3 is 2.38 bits per heavy atom. The second kappa shape index (κ2) is 8.32. The minimum atomic E-state index is -0.0250. The highest BCUT2D eigenvalue weighted by atomic mass is 15.3. The number of para-hydroxylation sites is 1. The van der Waals surface area contributed by atoms with Gasteiger partial charge >= 0.3 is 0 Å². The Bertz CT molecular complexity index is 1210. The van der Waals surface area contributed by atoms with Crippen LogP contribution in [0.1, 0.15) is 43.4 Å². The molecular formula is C27H29N5. The number of fused-ring (bicyclic) bond motifs is 1. The van der Waals surface area contributed by atoms with Crippen LogP contribution in [0.15, 0.2) is 73.1 Å². The molecule has 5 nitrogen and oxygen atoms in total. The first-order chi connectivity index (χ1) is 15.5. The Morgan fingerprint density at radius 1 is 0.938 bits per heavy atom. The molecule has 162 valence electrons. The second-order valence-electron chi connectivity index (χ2n) is 9.53. The zero-order valence-corrected chi connectivity index (χ0v) is 19.0. The smallest absolute Gasteiger partial charge is 0.133 e. The standard InChI is InChI=1S/C27H29N5/c1-27(2,3)26-28-16-21-17-31(15-14-24(21)29-26)18-22-19-32(23-12-8-5-9-13-23)30-25(22)20-10-6-4-7-11-20/h4-13,16,19H,14-15,17-18H2,1-3H3. The van der Waals surface area contributed by atoms with E-state index in [4.69, 9.17) is 10.1 Å². The summed E-state index contributed by atoms with van der Waals surface area (Å²) in [7, 11) is 0. The Hall–Kier alpha value is -3.31. The highest BCUT2D eigenvalue weighted by Crippen LogP contribution is 2.27. The fourth-order valence-corrected chi connectivity index (χ4v) is 4.19. The van der Waals surface area contributed by atoms with Crippen molar-refractivity contribution in [2.75, 3.05) is 6.54 Å². The quantitative estimate of drug-likeness (QED) is 0.453. The van der Waals surface area contributed by atoms with Crippen molar-refractivity contribution in [1.82, 2.24) is 24.6 Å². The van der Waals surface area contributed by atoms with Gasteiger partial charge in [0.1, 0.15) is 5.82 Å². The Labute approximate surface area is 189 Å². The number of rotatable bonds is 4. The maximum Gasteiger partial charge on any atom is 0.133 e. The third-order valence-electron chi connectivity index (χ3n) is 5.94. The van der Waals surface area contributed by atoms with Crippen molar-refractivity contribution in [3.05, 3.63) is 95.7 Å². The molecule has 2 aromatic carbocycles. The van der Waals surface area contributed by atoms with Crippen LogP contribution in [0.25, 0.3) is 16.9 Å². The topological polar surface area (TPSA) is 46.8 Å². The number of hydrogen-bond acceptors (Lipinski definition) is 4. The Morgan fingerprint density at radius 2 is 1.66 bits per heavy atom. The molecule has 0 radical (unpaired) electrons. The highest BCUT2D eigenvalue weighted by molar-refractivity contribution is 5.63. The molecule has 0 bridgehead atoms. The van der Waals surface area contributed by atoms with Crippen LogP contribution in [0.3, 0.4) is 0 Å². The van der Waals surface area contributed by atoms with Gasteiger partial charge in [-0.15, -0.1) is 0 Å². The summed E-state index contributed by atoms with van der Waals surface area (Å²) in [6.45, 7) is 9.19. The van der Waals surface area contributed by atoms with Gasteiger partial charge in [0.2, 0.25) is 0 Å². The summed E-state index contributed by atoms with van der Waals surface area (Å²) >= 11 is 0. The number of nitrogens with zero attached hydrogens (tertiary/aromatic N) is 5. The zero-order valence-electron chi connectivity index (χ0n) is 19.0. The maximum absolute atomic E-state index is 4.96. The van der Waals surface area contributed by atoms with Crippen molar-refractivity contribution >= 4 is 0 Å². The molecule has 3 heterocycles. The molecule has 0 fully saturated rings. The Balaban J connectivity index is 1.43. The van der Waals surface area contributed by atoms with Gasteiger partial charge in [-0.25, -0.2) is 14.6 Å². The van der Waals surface area contributed by atoms with E-state index in [2.05, 4.69) is 73.3 Å². The van der Waals surface area contributed by atoms with Crippen molar-refractivity contribution in [1.29, 1.82) is 0 Å². The molecule has 1 aliphatic rings. The molecule has 0 aliphatic carbocycles. The summed E-state index contributed by atoms with van der Waals surface area (Å²) in [4.78, 5) is 12.0. The molecule has 5 heteroatoms. The summed E-state index contributed by atoms with van der Waals surface area (Å²) in [5, 5.41) is 4.96. The molecule has 4 aromatic rings. The molecule has 2 aromatic heterocycles. The van der Waals surface area contributed by atoms with E-state index in [-0.39, 0.29) is 5.41 Å². The van der Waals surface area contributed by atoms with Gasteiger partial charge in [-0.05, 0) is 12.1 Å². The van der Waals surface area contributed by atoms with E-state index < -0.39 is 0 Å². The molecular weight excluding hydrogens is 394 g/mol. The van der Waals surface area contributed by atoms with E-state index in [0.29, 0.717) is 0 Å². The third-order valence-corrected chi connectivity index (χ3v) is 5.94. The maximum atomic E-state index is 4.96. The average molecular weight is 424 g/mol. The van der Waals surface area contributed by atoms with E-state index in [9.17, 15) is 0 Å². The summed E-state index contributed by atoms with van der Waals surface area (Å²) in [5.41, 5.74) is 6.90. The van der Waals surface area contributed by atoms with Gasteiger partial charge in [0.15, 0.2) is 0 Å². The molecule has 0 unspecified atom stereocenters. The summed E-state index contributed by atoms with van der Waals surface area (Å²) in [6, 6.07) is 20.8. The lowest BCUT2D eigenvalue weighted by atomic mass is 9.95. The lowest BCUT2D eigenvalue weighted by molar-refractivity contribution is 0.242. The Kier molecular flexibility index (Phi) is 5.35. The zero-order chi connectivity index (χ0) is 22.1. The average Bonchev–Trinajstić information content (AvgIpc) is 3.23. The fourth-order valence-electron chi connectivity index (χ4n) is 4.19. The van der Waals surface area contributed by atoms with Gasteiger partial charge in [-0.1, -0.05) is 69.3 Å². The van der Waals surface area contributed by atoms with Crippen LogP contribution < -0.4 is 0 Å². The van der Waals surface area contributed by atoms with Crippen LogP contribution in [0, 0.1) is 0 Å². The van der Waals surface area contributed by atoms with Crippen LogP contribution in [-0.4, -0.2) is 31.2 Å². The monoisotopic (exact) mass is 423 g/mol. The first-order valence-electron chi connectivity index (χ1n) is 11.2. The SMILES string of the molecule is CC(C)(C)c1ncc2c(n1)CCN(Cc1cn(-c3ccccc3)nc1-c1ccccc1)C2. The van der Waals surface area contributed by atoms with Crippen LogP contribution in [0.4, 0.5) is 0 Å². The van der Waals surface area contributed by atoms with Crippen molar-refractivity contribution < 1.29 is 0 Å². The molecule has 0 spiro atoms. The van der Waals surface area contributed by atoms with Crippen molar-refractivity contribution in [2.45, 2.75) is 45.7 Å². The first-order valence-corrected chi connectivity index (χ1v) is 11.2. The number of benzene rings is 2. The molecule has 0 N–H and O–H groups in total. The molecule has 0 saturated carbocycles. The fraction of sp³-hybridized carbons (Fsp3) is 0.296. The van der Waals surface area contributed by atoms with Crippen molar-refractivity contribution in [3.63, 3.8) is 0 Å². The van der Waals surface area contributed by atoms with Crippen LogP contribution in [-0.2, 0) is 24.9 Å². The van der Waals surface area contributed by atoms with E-state index in [0.717, 1.165) is 48.8 Å². The van der Waals surface area contributed by atoms with Crippen LogP contribution in [0.5, 0.6) is 0 Å². The molecule has 1 aliphatic heterocycles. The first kappa shape index (κ1) is 20.6. The summed E-state index contributed by atoms with van der Waals surface area (Å²) in [6.07, 6.45) is 5.15. The normalized spacial score (nSPS) is 14.3. The third kappa shape index (κ3) is 4.21. The van der Waals surface area contributed by atoms with Gasteiger partial charge in [-0.3, -0.25) is 4.90 Å². The lowest BCUT2D eigenvalue weighted by Gasteiger charge is -2.29. The summed E-state index contributed by atoms with van der Waals surface area (Å²) in [5.74, 6) is 0.931. The van der Waals surface area contributed by atoms with E-state index >= 15 is 0 Å². The van der Waals surface area contributed by atoms with E-state index in [1.807, 2.05) is 35.1 Å². The second-order valence-corrected chi connectivity index (χ2v) is 9.53. The van der Waals surface area contributed by atoms with Gasteiger partial charge in [0, 0.05) is 66.2 Å². The minimum Gasteiger partial charge on any atom is -0.294 e. The molecule has 32 heavy (non-hydrogen) atoms. The van der Waals surface area contributed by atoms with Crippen LogP contribution in [0.2, 0.25) is 0 Å². The van der Waals surface area contributed by atoms with Crippen molar-refractivity contribution in [3.8, 4) is 16.9 Å². The molecule has 0 amide bonds. The lowest BCUT2D eigenvalue weighted by Crippen LogP contribution is -2.32. The predicted octanol–water partition coefficient (Wildman–Crippen LogP) is 5.19. The number of aromatic nitrogens is 4.